The third kappa shape index (κ3) is 4.56. The number of aryl methyl sites for hydroxylation is 2. The van der Waals surface area contributed by atoms with Crippen molar-refractivity contribution >= 4 is 11.6 Å². The van der Waals surface area contributed by atoms with Crippen LogP contribution in [0.5, 0.6) is 5.75 Å². The molecule has 0 fully saturated rings. The molecule has 8 nitrogen and oxygen atoms in total. The first-order valence-electron chi connectivity index (χ1n) is 10.2. The Morgan fingerprint density at radius 3 is 2.56 bits per heavy atom. The minimum absolute atomic E-state index is 0.00125. The third-order valence-electron chi connectivity index (χ3n) is 5.20. The molecule has 1 amide bonds. The molecule has 0 bridgehead atoms. The van der Waals surface area contributed by atoms with Crippen molar-refractivity contribution in [2.45, 2.75) is 20.4 Å². The Balaban J connectivity index is 1.64. The van der Waals surface area contributed by atoms with Crippen molar-refractivity contribution in [3.8, 4) is 28.6 Å². The molecule has 0 unspecified atom stereocenters. The smallest absolute Gasteiger partial charge is 0.264 e. The first-order chi connectivity index (χ1) is 16.3. The van der Waals surface area contributed by atoms with Crippen LogP contribution in [-0.4, -0.2) is 27.7 Å². The average molecular weight is 466 g/mol. The number of nitrogens with one attached hydrogen (secondary N) is 1. The van der Waals surface area contributed by atoms with Gasteiger partial charge in [-0.15, -0.1) is 0 Å². The van der Waals surface area contributed by atoms with Gasteiger partial charge in [-0.2, -0.15) is 4.98 Å². The second-order valence-electron chi connectivity index (χ2n) is 7.56. The number of anilines is 1. The van der Waals surface area contributed by atoms with Crippen molar-refractivity contribution in [3.63, 3.8) is 0 Å². The second kappa shape index (κ2) is 9.26. The van der Waals surface area contributed by atoms with Crippen LogP contribution in [0, 0.1) is 25.5 Å². The lowest BCUT2D eigenvalue weighted by molar-refractivity contribution is -0.116. The fourth-order valence-electron chi connectivity index (χ4n) is 3.49. The number of hydrogen-bond donors (Lipinski definition) is 1. The lowest BCUT2D eigenvalue weighted by atomic mass is 10.1. The van der Waals surface area contributed by atoms with Gasteiger partial charge in [0.05, 0.1) is 12.8 Å². The summed E-state index contributed by atoms with van der Waals surface area (Å²) in [7, 11) is 1.56. The van der Waals surface area contributed by atoms with Crippen LogP contribution in [0.1, 0.15) is 11.3 Å². The number of methoxy groups -OCH3 is 1. The van der Waals surface area contributed by atoms with Gasteiger partial charge < -0.3 is 19.1 Å². The highest BCUT2D eigenvalue weighted by atomic mass is 19.1. The van der Waals surface area contributed by atoms with Crippen LogP contribution in [0.2, 0.25) is 0 Å². The summed E-state index contributed by atoms with van der Waals surface area (Å²) in [4.78, 5) is 30.1. The SMILES string of the molecule is COc1ccc(-c2noc(-c3c(C)cc(C)n(CC(=O)Nc4cc(F)ccc4F)c3=O)n2)cc1. The first kappa shape index (κ1) is 22.8. The van der Waals surface area contributed by atoms with E-state index in [4.69, 9.17) is 9.26 Å². The maximum Gasteiger partial charge on any atom is 0.264 e. The summed E-state index contributed by atoms with van der Waals surface area (Å²) >= 11 is 0. The number of ether oxygens (including phenoxy) is 1. The van der Waals surface area contributed by atoms with Crippen molar-refractivity contribution in [1.29, 1.82) is 0 Å². The summed E-state index contributed by atoms with van der Waals surface area (Å²) in [6.45, 7) is 2.95. The van der Waals surface area contributed by atoms with E-state index in [0.717, 1.165) is 18.2 Å². The highest BCUT2D eigenvalue weighted by Gasteiger charge is 2.20. The number of pyridine rings is 1. The summed E-state index contributed by atoms with van der Waals surface area (Å²) in [5.74, 6) is -1.25. The predicted octanol–water partition coefficient (Wildman–Crippen LogP) is 4.11. The van der Waals surface area contributed by atoms with E-state index in [1.807, 2.05) is 0 Å². The molecular weight excluding hydrogens is 446 g/mol. The number of halogens is 2. The van der Waals surface area contributed by atoms with E-state index in [9.17, 15) is 18.4 Å². The van der Waals surface area contributed by atoms with Crippen LogP contribution in [0.3, 0.4) is 0 Å². The van der Waals surface area contributed by atoms with E-state index < -0.39 is 29.6 Å². The van der Waals surface area contributed by atoms with Gasteiger partial charge in [0.15, 0.2) is 0 Å². The quantitative estimate of drug-likeness (QED) is 0.459. The molecule has 2 aromatic carbocycles. The molecule has 2 heterocycles. The van der Waals surface area contributed by atoms with E-state index in [1.54, 1.807) is 51.3 Å². The fourth-order valence-corrected chi connectivity index (χ4v) is 3.49. The van der Waals surface area contributed by atoms with E-state index in [2.05, 4.69) is 15.5 Å². The predicted molar refractivity (Wildman–Crippen MR) is 120 cm³/mol. The molecule has 0 saturated heterocycles. The zero-order valence-corrected chi connectivity index (χ0v) is 18.6. The fraction of sp³-hybridized carbons (Fsp3) is 0.167. The van der Waals surface area contributed by atoms with Crippen molar-refractivity contribution < 1.29 is 22.8 Å². The summed E-state index contributed by atoms with van der Waals surface area (Å²) in [5, 5.41) is 6.24. The number of hydrogen-bond acceptors (Lipinski definition) is 6. The van der Waals surface area contributed by atoms with Crippen LogP contribution >= 0.6 is 0 Å². The molecule has 4 aromatic rings. The summed E-state index contributed by atoms with van der Waals surface area (Å²) in [6.07, 6.45) is 0. The van der Waals surface area contributed by atoms with E-state index in [0.29, 0.717) is 22.6 Å². The number of aromatic nitrogens is 3. The Labute approximate surface area is 192 Å². The number of rotatable bonds is 6. The summed E-state index contributed by atoms with van der Waals surface area (Å²) in [5.41, 5.74) is 1.04. The van der Waals surface area contributed by atoms with Gasteiger partial charge in [0, 0.05) is 17.3 Å². The number of nitrogens with zero attached hydrogens (tertiary/aromatic N) is 3. The van der Waals surface area contributed by atoms with Gasteiger partial charge in [-0.3, -0.25) is 9.59 Å². The van der Waals surface area contributed by atoms with Crippen molar-refractivity contribution in [2.24, 2.45) is 0 Å². The van der Waals surface area contributed by atoms with Crippen LogP contribution in [0.4, 0.5) is 14.5 Å². The Kier molecular flexibility index (Phi) is 6.22. The molecule has 0 aliphatic heterocycles. The average Bonchev–Trinajstić information content (AvgIpc) is 3.28. The minimum Gasteiger partial charge on any atom is -0.497 e. The van der Waals surface area contributed by atoms with Gasteiger partial charge in [0.2, 0.25) is 11.7 Å². The zero-order valence-electron chi connectivity index (χ0n) is 18.6. The molecule has 0 atom stereocenters. The molecular formula is C24H20F2N4O4. The second-order valence-corrected chi connectivity index (χ2v) is 7.56. The number of benzene rings is 2. The van der Waals surface area contributed by atoms with Gasteiger partial charge in [-0.25, -0.2) is 8.78 Å². The molecule has 1 N–H and O–H groups in total. The lowest BCUT2D eigenvalue weighted by Gasteiger charge is -2.13. The maximum atomic E-state index is 13.9. The molecule has 34 heavy (non-hydrogen) atoms. The number of amides is 1. The van der Waals surface area contributed by atoms with Gasteiger partial charge in [-0.1, -0.05) is 5.16 Å². The van der Waals surface area contributed by atoms with Gasteiger partial charge in [-0.05, 0) is 61.9 Å². The third-order valence-corrected chi connectivity index (χ3v) is 5.20. The lowest BCUT2D eigenvalue weighted by Crippen LogP contribution is -2.31. The Morgan fingerprint density at radius 1 is 1.12 bits per heavy atom. The molecule has 4 rings (SSSR count). The molecule has 0 spiro atoms. The van der Waals surface area contributed by atoms with E-state index >= 15 is 0 Å². The summed E-state index contributed by atoms with van der Waals surface area (Å²) < 4.78 is 39.0. The van der Waals surface area contributed by atoms with E-state index in [1.165, 1.54) is 4.57 Å². The number of carbonyl (C=O) groups is 1. The van der Waals surface area contributed by atoms with Crippen molar-refractivity contribution in [3.05, 3.63) is 81.8 Å². The van der Waals surface area contributed by atoms with Crippen LogP contribution in [0.15, 0.2) is 57.8 Å². The van der Waals surface area contributed by atoms with Crippen molar-refractivity contribution in [1.82, 2.24) is 14.7 Å². The van der Waals surface area contributed by atoms with E-state index in [-0.39, 0.29) is 23.0 Å². The largest absolute Gasteiger partial charge is 0.497 e. The maximum absolute atomic E-state index is 13.9. The molecule has 174 valence electrons. The molecule has 2 aromatic heterocycles. The molecule has 0 radical (unpaired) electrons. The first-order valence-corrected chi connectivity index (χ1v) is 10.2. The monoisotopic (exact) mass is 466 g/mol. The van der Waals surface area contributed by atoms with Crippen LogP contribution in [-0.2, 0) is 11.3 Å². The van der Waals surface area contributed by atoms with Crippen LogP contribution in [0.25, 0.3) is 22.8 Å². The Morgan fingerprint density at radius 2 is 1.85 bits per heavy atom. The summed E-state index contributed by atoms with van der Waals surface area (Å²) in [6, 6.07) is 11.4. The highest BCUT2D eigenvalue weighted by molar-refractivity contribution is 5.90. The van der Waals surface area contributed by atoms with Gasteiger partial charge in [0.1, 0.15) is 29.5 Å². The minimum atomic E-state index is -0.791. The standard InChI is InChI=1S/C24H20F2N4O4/c1-13-10-14(2)30(12-20(31)27-19-11-16(25)6-9-18(19)26)24(32)21(13)23-28-22(29-34-23)15-4-7-17(33-3)8-5-15/h4-11H,12H2,1-3H3,(H,27,31). The number of carbonyl (C=O) groups excluding carboxylic acids is 1. The van der Waals surface area contributed by atoms with Gasteiger partial charge in [0.25, 0.3) is 11.4 Å². The van der Waals surface area contributed by atoms with Crippen molar-refractivity contribution in [2.75, 3.05) is 12.4 Å². The Hall–Kier alpha value is -4.34. The topological polar surface area (TPSA) is 99.3 Å². The van der Waals surface area contributed by atoms with Gasteiger partial charge >= 0.3 is 0 Å². The molecule has 0 aliphatic rings. The highest BCUT2D eigenvalue weighted by Crippen LogP contribution is 2.24. The zero-order chi connectivity index (χ0) is 24.4. The normalized spacial score (nSPS) is 10.9. The Bertz CT molecular complexity index is 1430. The van der Waals surface area contributed by atoms with Crippen LogP contribution < -0.4 is 15.6 Å². The molecule has 0 aliphatic carbocycles. The molecule has 10 heteroatoms. The molecule has 0 saturated carbocycles.